The van der Waals surface area contributed by atoms with Gasteiger partial charge in [-0.1, -0.05) is 0 Å². The fourth-order valence-corrected chi connectivity index (χ4v) is 1.58. The van der Waals surface area contributed by atoms with Crippen LogP contribution in [-0.4, -0.2) is 23.5 Å². The Morgan fingerprint density at radius 1 is 1.30 bits per heavy atom. The summed E-state index contributed by atoms with van der Waals surface area (Å²) in [6.45, 7) is 0.208. The molecule has 5 nitrogen and oxygen atoms in total. The van der Waals surface area contributed by atoms with Crippen LogP contribution in [0.3, 0.4) is 0 Å². The van der Waals surface area contributed by atoms with Crippen LogP contribution in [0, 0.1) is 0 Å². The third-order valence-electron chi connectivity index (χ3n) is 2.49. The van der Waals surface area contributed by atoms with E-state index in [-0.39, 0.29) is 25.1 Å². The van der Waals surface area contributed by atoms with E-state index in [9.17, 15) is 22.8 Å². The van der Waals surface area contributed by atoms with E-state index in [0.29, 0.717) is 0 Å². The number of primary amides is 1. The molecule has 0 aliphatic rings. The molecule has 0 aromatic heterocycles. The molecule has 4 N–H and O–H groups in total. The van der Waals surface area contributed by atoms with Crippen molar-refractivity contribution in [2.24, 2.45) is 5.73 Å². The Kier molecular flexibility index (Phi) is 4.95. The molecule has 1 amide bonds. The van der Waals surface area contributed by atoms with Gasteiger partial charge in [0.2, 0.25) is 5.91 Å². The highest BCUT2D eigenvalue weighted by Gasteiger charge is 2.35. The van der Waals surface area contributed by atoms with Gasteiger partial charge in [0.1, 0.15) is 0 Å². The van der Waals surface area contributed by atoms with Gasteiger partial charge in [-0.3, -0.25) is 9.59 Å². The minimum Gasteiger partial charge on any atom is -0.481 e. The number of nitrogens with one attached hydrogen (secondary N) is 1. The second kappa shape index (κ2) is 6.27. The standard InChI is InChI=1S/C12H13F3N2O3/c13-12(14,15)9-6-7(3-4-8(9)11(16)20)17-5-1-2-10(18)19/h3-4,6,17H,1-2,5H2,(H2,16,20)(H,18,19). The zero-order valence-electron chi connectivity index (χ0n) is 10.3. The van der Waals surface area contributed by atoms with Gasteiger partial charge in [-0.05, 0) is 24.6 Å². The van der Waals surface area contributed by atoms with Gasteiger partial charge in [0.05, 0.1) is 11.1 Å². The van der Waals surface area contributed by atoms with E-state index in [4.69, 9.17) is 10.8 Å². The van der Waals surface area contributed by atoms with Gasteiger partial charge in [-0.15, -0.1) is 0 Å². The maximum absolute atomic E-state index is 12.8. The van der Waals surface area contributed by atoms with Crippen LogP contribution in [0.4, 0.5) is 18.9 Å². The van der Waals surface area contributed by atoms with Crippen LogP contribution in [0.1, 0.15) is 28.8 Å². The van der Waals surface area contributed by atoms with Gasteiger partial charge in [0.15, 0.2) is 0 Å². The molecule has 8 heteroatoms. The van der Waals surface area contributed by atoms with Gasteiger partial charge in [0, 0.05) is 18.7 Å². The van der Waals surface area contributed by atoms with Gasteiger partial charge in [0.25, 0.3) is 0 Å². The second-order valence-corrected chi connectivity index (χ2v) is 4.05. The van der Waals surface area contributed by atoms with Crippen LogP contribution in [0.5, 0.6) is 0 Å². The molecule has 0 aliphatic heterocycles. The first-order chi connectivity index (χ1) is 9.21. The number of amides is 1. The van der Waals surface area contributed by atoms with E-state index in [1.54, 1.807) is 0 Å². The van der Waals surface area contributed by atoms with Crippen molar-refractivity contribution in [1.82, 2.24) is 0 Å². The molecule has 0 aliphatic carbocycles. The Morgan fingerprint density at radius 2 is 1.95 bits per heavy atom. The molecule has 20 heavy (non-hydrogen) atoms. The molecular weight excluding hydrogens is 277 g/mol. The average molecular weight is 290 g/mol. The van der Waals surface area contributed by atoms with E-state index in [1.807, 2.05) is 0 Å². The fraction of sp³-hybridized carbons (Fsp3) is 0.333. The summed E-state index contributed by atoms with van der Waals surface area (Å²) in [7, 11) is 0. The number of carboxylic acid groups (broad SMARTS) is 1. The molecule has 1 rings (SSSR count). The minimum atomic E-state index is -4.69. The van der Waals surface area contributed by atoms with E-state index in [0.717, 1.165) is 12.1 Å². The number of halogens is 3. The molecule has 0 spiro atoms. The van der Waals surface area contributed by atoms with Gasteiger partial charge < -0.3 is 16.2 Å². The first-order valence-electron chi connectivity index (χ1n) is 5.68. The van der Waals surface area contributed by atoms with Crippen molar-refractivity contribution in [2.75, 3.05) is 11.9 Å². The molecule has 0 saturated carbocycles. The Bertz CT molecular complexity index is 515. The quantitative estimate of drug-likeness (QED) is 0.699. The summed E-state index contributed by atoms with van der Waals surface area (Å²) in [4.78, 5) is 21.2. The van der Waals surface area contributed by atoms with Crippen LogP contribution in [0.25, 0.3) is 0 Å². The van der Waals surface area contributed by atoms with Gasteiger partial charge in [-0.2, -0.15) is 13.2 Å². The Morgan fingerprint density at radius 3 is 2.45 bits per heavy atom. The number of anilines is 1. The van der Waals surface area contributed by atoms with E-state index < -0.39 is 29.2 Å². The van der Waals surface area contributed by atoms with Crippen molar-refractivity contribution >= 4 is 17.6 Å². The Balaban J connectivity index is 2.85. The van der Waals surface area contributed by atoms with Crippen molar-refractivity contribution < 1.29 is 27.9 Å². The van der Waals surface area contributed by atoms with E-state index in [1.165, 1.54) is 6.07 Å². The topological polar surface area (TPSA) is 92.4 Å². The summed E-state index contributed by atoms with van der Waals surface area (Å²) in [6.07, 6.45) is -4.50. The Hall–Kier alpha value is -2.25. The summed E-state index contributed by atoms with van der Waals surface area (Å²) in [5, 5.41) is 11.1. The minimum absolute atomic E-state index is 0.0848. The van der Waals surface area contributed by atoms with E-state index in [2.05, 4.69) is 5.32 Å². The van der Waals surface area contributed by atoms with Crippen molar-refractivity contribution in [3.63, 3.8) is 0 Å². The smallest absolute Gasteiger partial charge is 0.417 e. The number of nitrogens with two attached hydrogens (primary N) is 1. The third kappa shape index (κ3) is 4.45. The molecule has 0 radical (unpaired) electrons. The van der Waals surface area contributed by atoms with Gasteiger partial charge in [-0.25, -0.2) is 0 Å². The number of rotatable bonds is 6. The molecule has 0 heterocycles. The number of hydrogen-bond acceptors (Lipinski definition) is 3. The highest BCUT2D eigenvalue weighted by Crippen LogP contribution is 2.33. The number of hydrogen-bond donors (Lipinski definition) is 3. The number of aliphatic carboxylic acids is 1. The number of alkyl halides is 3. The van der Waals surface area contributed by atoms with Crippen molar-refractivity contribution in [3.8, 4) is 0 Å². The van der Waals surface area contributed by atoms with Crippen molar-refractivity contribution in [2.45, 2.75) is 19.0 Å². The van der Waals surface area contributed by atoms with Crippen LogP contribution < -0.4 is 11.1 Å². The molecule has 1 aromatic carbocycles. The number of carboxylic acids is 1. The van der Waals surface area contributed by atoms with Gasteiger partial charge >= 0.3 is 12.1 Å². The maximum atomic E-state index is 12.8. The molecule has 0 saturated heterocycles. The molecular formula is C12H13F3N2O3. The summed E-state index contributed by atoms with van der Waals surface area (Å²) < 4.78 is 38.3. The molecule has 1 aromatic rings. The fourth-order valence-electron chi connectivity index (χ4n) is 1.58. The maximum Gasteiger partial charge on any atom is 0.417 e. The van der Waals surface area contributed by atoms with Crippen molar-refractivity contribution in [3.05, 3.63) is 29.3 Å². The zero-order chi connectivity index (χ0) is 15.3. The Labute approximate surface area is 112 Å². The lowest BCUT2D eigenvalue weighted by Crippen LogP contribution is -2.19. The van der Waals surface area contributed by atoms with Crippen LogP contribution in [0.2, 0.25) is 0 Å². The highest BCUT2D eigenvalue weighted by atomic mass is 19.4. The lowest BCUT2D eigenvalue weighted by Gasteiger charge is -2.13. The summed E-state index contributed by atoms with van der Waals surface area (Å²) in [5.41, 5.74) is 3.32. The van der Waals surface area contributed by atoms with Crippen molar-refractivity contribution in [1.29, 1.82) is 0 Å². The normalized spacial score (nSPS) is 11.2. The predicted octanol–water partition coefficient (Wildman–Crippen LogP) is 2.08. The monoisotopic (exact) mass is 290 g/mol. The SMILES string of the molecule is NC(=O)c1ccc(NCCCC(=O)O)cc1C(F)(F)F. The number of benzene rings is 1. The third-order valence-corrected chi connectivity index (χ3v) is 2.49. The first kappa shape index (κ1) is 15.8. The predicted molar refractivity (Wildman–Crippen MR) is 65.3 cm³/mol. The molecule has 0 bridgehead atoms. The number of carbonyl (C=O) groups is 2. The largest absolute Gasteiger partial charge is 0.481 e. The number of carbonyl (C=O) groups excluding carboxylic acids is 1. The summed E-state index contributed by atoms with van der Waals surface area (Å²) in [5.74, 6) is -2.14. The molecule has 0 unspecified atom stereocenters. The first-order valence-corrected chi connectivity index (χ1v) is 5.68. The van der Waals surface area contributed by atoms with Crippen LogP contribution >= 0.6 is 0 Å². The second-order valence-electron chi connectivity index (χ2n) is 4.05. The summed E-state index contributed by atoms with van der Waals surface area (Å²) in [6, 6.07) is 3.06. The average Bonchev–Trinajstić information content (AvgIpc) is 2.33. The lowest BCUT2D eigenvalue weighted by atomic mass is 10.1. The molecule has 110 valence electrons. The lowest BCUT2D eigenvalue weighted by molar-refractivity contribution is -0.138. The highest BCUT2D eigenvalue weighted by molar-refractivity contribution is 5.95. The van der Waals surface area contributed by atoms with Crippen LogP contribution in [0.15, 0.2) is 18.2 Å². The van der Waals surface area contributed by atoms with Crippen LogP contribution in [-0.2, 0) is 11.0 Å². The zero-order valence-corrected chi connectivity index (χ0v) is 10.3. The molecule has 0 fully saturated rings. The summed E-state index contributed by atoms with van der Waals surface area (Å²) >= 11 is 0. The van der Waals surface area contributed by atoms with E-state index >= 15 is 0 Å². The molecule has 0 atom stereocenters.